The molecule has 2 rings (SSSR count). The Morgan fingerprint density at radius 1 is 1.39 bits per heavy atom. The van der Waals surface area contributed by atoms with Gasteiger partial charge in [-0.15, -0.1) is 0 Å². The third kappa shape index (κ3) is 4.15. The number of amides is 1. The fourth-order valence-corrected chi connectivity index (χ4v) is 2.22. The van der Waals surface area contributed by atoms with Crippen LogP contribution in [-0.2, 0) is 11.2 Å². The lowest BCUT2D eigenvalue weighted by Gasteiger charge is -2.17. The van der Waals surface area contributed by atoms with Crippen LogP contribution in [0.15, 0.2) is 30.3 Å². The highest BCUT2D eigenvalue weighted by atomic mass is 16.2. The van der Waals surface area contributed by atoms with Crippen molar-refractivity contribution in [3.05, 3.63) is 35.9 Å². The van der Waals surface area contributed by atoms with Crippen LogP contribution in [0.25, 0.3) is 0 Å². The van der Waals surface area contributed by atoms with Crippen molar-refractivity contribution < 1.29 is 4.79 Å². The van der Waals surface area contributed by atoms with Gasteiger partial charge in [0.15, 0.2) is 0 Å². The van der Waals surface area contributed by atoms with Gasteiger partial charge in [0.05, 0.1) is 6.04 Å². The van der Waals surface area contributed by atoms with E-state index in [1.54, 1.807) is 0 Å². The van der Waals surface area contributed by atoms with Crippen molar-refractivity contribution in [3.63, 3.8) is 0 Å². The molecule has 0 spiro atoms. The average Bonchev–Trinajstić information content (AvgIpc) is 3.14. The first-order valence-electron chi connectivity index (χ1n) is 6.75. The molecule has 0 aromatic heterocycles. The van der Waals surface area contributed by atoms with Gasteiger partial charge in [-0.25, -0.2) is 0 Å². The molecule has 2 atom stereocenters. The van der Waals surface area contributed by atoms with Crippen LogP contribution in [0.5, 0.6) is 0 Å². The third-order valence-corrected chi connectivity index (χ3v) is 3.41. The maximum absolute atomic E-state index is 11.9. The molecular formula is C15H22N2O. The van der Waals surface area contributed by atoms with Gasteiger partial charge in [-0.2, -0.15) is 0 Å². The molecule has 0 bridgehead atoms. The predicted octanol–water partition coefficient (Wildman–Crippen LogP) is 1.86. The number of carbonyl (C=O) groups is 1. The van der Waals surface area contributed by atoms with Gasteiger partial charge in [0, 0.05) is 6.04 Å². The van der Waals surface area contributed by atoms with E-state index >= 15 is 0 Å². The molecule has 18 heavy (non-hydrogen) atoms. The van der Waals surface area contributed by atoms with Gasteiger partial charge in [0.1, 0.15) is 0 Å². The number of rotatable bonds is 6. The summed E-state index contributed by atoms with van der Waals surface area (Å²) in [7, 11) is 0. The second-order valence-corrected chi connectivity index (χ2v) is 5.38. The number of nitrogens with one attached hydrogen (secondary N) is 1. The fourth-order valence-electron chi connectivity index (χ4n) is 2.22. The first-order chi connectivity index (χ1) is 8.65. The highest BCUT2D eigenvalue weighted by Gasteiger charge is 2.25. The molecule has 98 valence electrons. The zero-order valence-electron chi connectivity index (χ0n) is 10.9. The van der Waals surface area contributed by atoms with E-state index in [4.69, 9.17) is 5.73 Å². The molecule has 1 aromatic rings. The second-order valence-electron chi connectivity index (χ2n) is 5.38. The Hall–Kier alpha value is -1.35. The van der Waals surface area contributed by atoms with Crippen molar-refractivity contribution in [1.29, 1.82) is 0 Å². The lowest BCUT2D eigenvalue weighted by molar-refractivity contribution is -0.123. The van der Waals surface area contributed by atoms with Crippen LogP contribution in [-0.4, -0.2) is 18.0 Å². The Bertz CT molecular complexity index is 387. The molecule has 1 aromatic carbocycles. The number of nitrogens with two attached hydrogens (primary N) is 1. The van der Waals surface area contributed by atoms with Crippen LogP contribution >= 0.6 is 0 Å². The van der Waals surface area contributed by atoms with Crippen molar-refractivity contribution in [2.45, 2.75) is 44.7 Å². The number of hydrogen-bond donors (Lipinski definition) is 2. The van der Waals surface area contributed by atoms with Gasteiger partial charge >= 0.3 is 0 Å². The smallest absolute Gasteiger partial charge is 0.237 e. The van der Waals surface area contributed by atoms with E-state index in [1.807, 2.05) is 30.3 Å². The van der Waals surface area contributed by atoms with Crippen molar-refractivity contribution in [3.8, 4) is 0 Å². The van der Waals surface area contributed by atoms with Crippen molar-refractivity contribution >= 4 is 5.91 Å². The summed E-state index contributed by atoms with van der Waals surface area (Å²) in [5.74, 6) is 0.789. The Labute approximate surface area is 109 Å². The van der Waals surface area contributed by atoms with Gasteiger partial charge in [-0.3, -0.25) is 4.79 Å². The first-order valence-corrected chi connectivity index (χ1v) is 6.75. The highest BCUT2D eigenvalue weighted by Crippen LogP contribution is 2.33. The lowest BCUT2D eigenvalue weighted by Crippen LogP contribution is -2.45. The summed E-state index contributed by atoms with van der Waals surface area (Å²) in [5.41, 5.74) is 7.04. The summed E-state index contributed by atoms with van der Waals surface area (Å²) in [4.78, 5) is 11.9. The van der Waals surface area contributed by atoms with E-state index in [9.17, 15) is 4.79 Å². The Morgan fingerprint density at radius 2 is 2.06 bits per heavy atom. The number of carbonyl (C=O) groups excluding carboxylic acids is 1. The van der Waals surface area contributed by atoms with Crippen LogP contribution in [0.3, 0.4) is 0 Å². The molecule has 1 unspecified atom stereocenters. The summed E-state index contributed by atoms with van der Waals surface area (Å²) in [6, 6.07) is 9.69. The molecule has 1 saturated carbocycles. The van der Waals surface area contributed by atoms with E-state index in [2.05, 4.69) is 12.2 Å². The molecule has 1 aliphatic rings. The molecule has 3 heteroatoms. The van der Waals surface area contributed by atoms with Gasteiger partial charge in [0.25, 0.3) is 0 Å². The minimum absolute atomic E-state index is 0.0352. The first kappa shape index (κ1) is 13.1. The van der Waals surface area contributed by atoms with Crippen LogP contribution in [0.4, 0.5) is 0 Å². The highest BCUT2D eigenvalue weighted by molar-refractivity contribution is 5.82. The van der Waals surface area contributed by atoms with E-state index in [-0.39, 0.29) is 11.9 Å². The minimum Gasteiger partial charge on any atom is -0.352 e. The zero-order chi connectivity index (χ0) is 13.0. The van der Waals surface area contributed by atoms with Gasteiger partial charge in [-0.1, -0.05) is 43.2 Å². The maximum atomic E-state index is 11.9. The standard InChI is InChI=1S/C15H22N2O/c1-11(9-13-7-8-13)17-15(18)14(16)10-12-5-3-2-4-6-12/h2-6,11,13-14H,7-10,16H2,1H3,(H,17,18)/t11?,14-/m1/s1. The SMILES string of the molecule is CC(CC1CC1)NC(=O)[C@H](N)Cc1ccccc1. The summed E-state index contributed by atoms with van der Waals surface area (Å²) in [6.45, 7) is 2.06. The summed E-state index contributed by atoms with van der Waals surface area (Å²) in [6.07, 6.45) is 4.32. The largest absolute Gasteiger partial charge is 0.352 e. The number of benzene rings is 1. The summed E-state index contributed by atoms with van der Waals surface area (Å²) < 4.78 is 0. The maximum Gasteiger partial charge on any atom is 0.237 e. The molecule has 1 amide bonds. The summed E-state index contributed by atoms with van der Waals surface area (Å²) >= 11 is 0. The molecule has 0 heterocycles. The van der Waals surface area contributed by atoms with Crippen molar-refractivity contribution in [2.75, 3.05) is 0 Å². The lowest BCUT2D eigenvalue weighted by atomic mass is 10.1. The van der Waals surface area contributed by atoms with Crippen molar-refractivity contribution in [1.82, 2.24) is 5.32 Å². The van der Waals surface area contributed by atoms with E-state index in [0.717, 1.165) is 17.9 Å². The van der Waals surface area contributed by atoms with Crippen LogP contribution < -0.4 is 11.1 Å². The van der Waals surface area contributed by atoms with Gasteiger partial charge in [-0.05, 0) is 31.2 Å². The minimum atomic E-state index is -0.450. The van der Waals surface area contributed by atoms with E-state index in [1.165, 1.54) is 12.8 Å². The average molecular weight is 246 g/mol. The monoisotopic (exact) mass is 246 g/mol. The van der Waals surface area contributed by atoms with E-state index in [0.29, 0.717) is 6.42 Å². The normalized spacial score (nSPS) is 18.1. The fraction of sp³-hybridized carbons (Fsp3) is 0.533. The number of hydrogen-bond acceptors (Lipinski definition) is 2. The summed E-state index contributed by atoms with van der Waals surface area (Å²) in [5, 5.41) is 3.01. The molecule has 3 N–H and O–H groups in total. The second kappa shape index (κ2) is 6.01. The van der Waals surface area contributed by atoms with E-state index < -0.39 is 6.04 Å². The third-order valence-electron chi connectivity index (χ3n) is 3.41. The molecule has 0 aliphatic heterocycles. The molecule has 1 fully saturated rings. The van der Waals surface area contributed by atoms with Crippen LogP contribution in [0.2, 0.25) is 0 Å². The van der Waals surface area contributed by atoms with Crippen LogP contribution in [0.1, 0.15) is 31.7 Å². The quantitative estimate of drug-likeness (QED) is 0.805. The molecule has 0 radical (unpaired) electrons. The Morgan fingerprint density at radius 3 is 2.67 bits per heavy atom. The Kier molecular flexibility index (Phi) is 4.37. The van der Waals surface area contributed by atoms with Gasteiger partial charge < -0.3 is 11.1 Å². The topological polar surface area (TPSA) is 55.1 Å². The van der Waals surface area contributed by atoms with Gasteiger partial charge in [0.2, 0.25) is 5.91 Å². The van der Waals surface area contributed by atoms with Crippen LogP contribution in [0, 0.1) is 5.92 Å². The molecule has 0 saturated heterocycles. The predicted molar refractivity (Wildman–Crippen MR) is 73.1 cm³/mol. The molecule has 3 nitrogen and oxygen atoms in total. The van der Waals surface area contributed by atoms with Crippen molar-refractivity contribution in [2.24, 2.45) is 11.7 Å². The Balaban J connectivity index is 1.77. The molecule has 1 aliphatic carbocycles. The zero-order valence-corrected chi connectivity index (χ0v) is 10.9. The molecular weight excluding hydrogens is 224 g/mol.